The molecule has 0 amide bonds. The molecule has 0 radical (unpaired) electrons. The first kappa shape index (κ1) is 11.8. The average Bonchev–Trinajstić information content (AvgIpc) is 2.25. The maximum absolute atomic E-state index is 6.01. The topological polar surface area (TPSA) is 38.5 Å². The van der Waals surface area contributed by atoms with Gasteiger partial charge in [0, 0.05) is 12.6 Å². The van der Waals surface area contributed by atoms with Crippen LogP contribution in [0, 0.1) is 0 Å². The maximum Gasteiger partial charge on any atom is 0.0668 e. The van der Waals surface area contributed by atoms with E-state index in [9.17, 15) is 0 Å². The summed E-state index contributed by atoms with van der Waals surface area (Å²) in [5.74, 6) is 0. The molecule has 1 unspecified atom stereocenters. The smallest absolute Gasteiger partial charge is 0.0668 e. The summed E-state index contributed by atoms with van der Waals surface area (Å²) in [6.07, 6.45) is 0. The zero-order chi connectivity index (χ0) is 11.7. The van der Waals surface area contributed by atoms with Gasteiger partial charge >= 0.3 is 0 Å². The molecule has 2 rings (SSSR count). The third-order valence-electron chi connectivity index (χ3n) is 2.75. The van der Waals surface area contributed by atoms with E-state index < -0.39 is 0 Å². The van der Waals surface area contributed by atoms with E-state index in [1.165, 1.54) is 0 Å². The van der Waals surface area contributed by atoms with Crippen LogP contribution in [0.1, 0.15) is 6.92 Å². The van der Waals surface area contributed by atoms with E-state index in [1.807, 2.05) is 6.07 Å². The van der Waals surface area contributed by atoms with Gasteiger partial charge in [-0.1, -0.05) is 23.2 Å². The molecule has 0 spiro atoms. The fourth-order valence-corrected chi connectivity index (χ4v) is 2.22. The Bertz CT molecular complexity index is 398. The van der Waals surface area contributed by atoms with Crippen LogP contribution in [0.2, 0.25) is 10.0 Å². The molecule has 1 aliphatic heterocycles. The molecule has 0 saturated carbocycles. The Balaban J connectivity index is 2.35. The fourth-order valence-electron chi connectivity index (χ4n) is 1.89. The minimum Gasteiger partial charge on any atom is -0.397 e. The number of halogens is 2. The van der Waals surface area contributed by atoms with Gasteiger partial charge in [0.25, 0.3) is 0 Å². The summed E-state index contributed by atoms with van der Waals surface area (Å²) in [5.41, 5.74) is 7.55. The number of nitrogens with two attached hydrogens (primary N) is 1. The molecule has 0 aliphatic carbocycles. The normalized spacial score (nSPS) is 21.2. The number of nitrogen functional groups attached to an aromatic ring is 1. The molecular formula is C11H14Cl2N2O. The Hall–Kier alpha value is -0.640. The molecule has 88 valence electrons. The van der Waals surface area contributed by atoms with Gasteiger partial charge in [0.15, 0.2) is 0 Å². The predicted molar refractivity (Wildman–Crippen MR) is 68.5 cm³/mol. The summed E-state index contributed by atoms with van der Waals surface area (Å²) in [6.45, 7) is 4.34. The Morgan fingerprint density at radius 2 is 2.06 bits per heavy atom. The monoisotopic (exact) mass is 260 g/mol. The molecular weight excluding hydrogens is 247 g/mol. The third kappa shape index (κ3) is 2.21. The van der Waals surface area contributed by atoms with Crippen molar-refractivity contribution in [3.8, 4) is 0 Å². The van der Waals surface area contributed by atoms with Crippen LogP contribution in [0.15, 0.2) is 12.1 Å². The summed E-state index contributed by atoms with van der Waals surface area (Å²) in [7, 11) is 0. The van der Waals surface area contributed by atoms with Crippen molar-refractivity contribution >= 4 is 34.6 Å². The Morgan fingerprint density at radius 1 is 1.38 bits per heavy atom. The van der Waals surface area contributed by atoms with Crippen molar-refractivity contribution in [2.45, 2.75) is 13.0 Å². The maximum atomic E-state index is 6.01. The number of morpholine rings is 1. The van der Waals surface area contributed by atoms with Crippen molar-refractivity contribution in [2.24, 2.45) is 0 Å². The highest BCUT2D eigenvalue weighted by Gasteiger charge is 2.21. The Labute approximate surface area is 105 Å². The average molecular weight is 261 g/mol. The first-order chi connectivity index (χ1) is 7.59. The van der Waals surface area contributed by atoms with Crippen LogP contribution < -0.4 is 10.6 Å². The van der Waals surface area contributed by atoms with Crippen molar-refractivity contribution in [1.82, 2.24) is 0 Å². The van der Waals surface area contributed by atoms with Crippen molar-refractivity contribution in [3.05, 3.63) is 22.2 Å². The lowest BCUT2D eigenvalue weighted by Gasteiger charge is -2.36. The van der Waals surface area contributed by atoms with Gasteiger partial charge in [0.05, 0.1) is 34.6 Å². The quantitative estimate of drug-likeness (QED) is 0.790. The molecule has 1 aromatic rings. The number of anilines is 2. The second-order valence-electron chi connectivity index (χ2n) is 3.94. The lowest BCUT2D eigenvalue weighted by atomic mass is 10.2. The summed E-state index contributed by atoms with van der Waals surface area (Å²) in [6, 6.07) is 3.82. The summed E-state index contributed by atoms with van der Waals surface area (Å²) < 4.78 is 5.39. The van der Waals surface area contributed by atoms with E-state index in [0.717, 1.165) is 12.2 Å². The number of ether oxygens (including phenoxy) is 1. The van der Waals surface area contributed by atoms with Crippen LogP contribution in [0.3, 0.4) is 0 Å². The van der Waals surface area contributed by atoms with E-state index in [4.69, 9.17) is 33.7 Å². The molecule has 16 heavy (non-hydrogen) atoms. The highest BCUT2D eigenvalue weighted by atomic mass is 35.5. The molecule has 1 aliphatic rings. The van der Waals surface area contributed by atoms with E-state index in [1.54, 1.807) is 6.07 Å². The van der Waals surface area contributed by atoms with E-state index >= 15 is 0 Å². The van der Waals surface area contributed by atoms with Gasteiger partial charge in [0.2, 0.25) is 0 Å². The molecule has 1 aromatic carbocycles. The minimum absolute atomic E-state index is 0.299. The molecule has 1 saturated heterocycles. The Morgan fingerprint density at radius 3 is 2.75 bits per heavy atom. The van der Waals surface area contributed by atoms with Crippen molar-refractivity contribution in [3.63, 3.8) is 0 Å². The number of hydrogen-bond acceptors (Lipinski definition) is 3. The standard InChI is InChI=1S/C11H14Cl2N2O/c1-7-6-16-3-2-15(7)11-5-9(13)8(12)4-10(11)14/h4-5,7H,2-3,6,14H2,1H3. The highest BCUT2D eigenvalue weighted by Crippen LogP contribution is 2.34. The molecule has 1 heterocycles. The van der Waals surface area contributed by atoms with Gasteiger partial charge in [-0.2, -0.15) is 0 Å². The van der Waals surface area contributed by atoms with Crippen LogP contribution in [-0.4, -0.2) is 25.8 Å². The van der Waals surface area contributed by atoms with Gasteiger partial charge in [0.1, 0.15) is 0 Å². The van der Waals surface area contributed by atoms with Crippen molar-refractivity contribution in [2.75, 3.05) is 30.4 Å². The van der Waals surface area contributed by atoms with Crippen LogP contribution in [-0.2, 0) is 4.74 Å². The first-order valence-electron chi connectivity index (χ1n) is 5.18. The van der Waals surface area contributed by atoms with E-state index in [-0.39, 0.29) is 0 Å². The van der Waals surface area contributed by atoms with Gasteiger partial charge in [-0.3, -0.25) is 0 Å². The van der Waals surface area contributed by atoms with Crippen molar-refractivity contribution < 1.29 is 4.74 Å². The van der Waals surface area contributed by atoms with Crippen LogP contribution in [0.5, 0.6) is 0 Å². The second-order valence-corrected chi connectivity index (χ2v) is 4.76. The molecule has 1 atom stereocenters. The molecule has 1 fully saturated rings. The summed E-state index contributed by atoms with van der Waals surface area (Å²) in [4.78, 5) is 2.20. The first-order valence-corrected chi connectivity index (χ1v) is 5.94. The number of nitrogens with zero attached hydrogens (tertiary/aromatic N) is 1. The number of hydrogen-bond donors (Lipinski definition) is 1. The van der Waals surface area contributed by atoms with Gasteiger partial charge in [-0.25, -0.2) is 0 Å². The largest absolute Gasteiger partial charge is 0.397 e. The van der Waals surface area contributed by atoms with Crippen LogP contribution in [0.25, 0.3) is 0 Å². The van der Waals surface area contributed by atoms with E-state index in [2.05, 4.69) is 11.8 Å². The zero-order valence-electron chi connectivity index (χ0n) is 9.04. The molecule has 0 bridgehead atoms. The van der Waals surface area contributed by atoms with Gasteiger partial charge < -0.3 is 15.4 Å². The van der Waals surface area contributed by atoms with Gasteiger partial charge in [-0.05, 0) is 19.1 Å². The highest BCUT2D eigenvalue weighted by molar-refractivity contribution is 6.42. The molecule has 0 aromatic heterocycles. The van der Waals surface area contributed by atoms with E-state index in [0.29, 0.717) is 35.0 Å². The predicted octanol–water partition coefficient (Wildman–Crippen LogP) is 2.80. The number of rotatable bonds is 1. The minimum atomic E-state index is 0.299. The lowest BCUT2D eigenvalue weighted by molar-refractivity contribution is 0.0990. The summed E-state index contributed by atoms with van der Waals surface area (Å²) in [5, 5.41) is 1.02. The molecule has 5 heteroatoms. The SMILES string of the molecule is CC1COCCN1c1cc(Cl)c(Cl)cc1N. The lowest BCUT2D eigenvalue weighted by Crippen LogP contribution is -2.44. The van der Waals surface area contributed by atoms with Crippen LogP contribution >= 0.6 is 23.2 Å². The molecule has 3 nitrogen and oxygen atoms in total. The summed E-state index contributed by atoms with van der Waals surface area (Å²) >= 11 is 11.9. The number of benzene rings is 1. The zero-order valence-corrected chi connectivity index (χ0v) is 10.6. The molecule has 2 N–H and O–H groups in total. The van der Waals surface area contributed by atoms with Crippen LogP contribution in [0.4, 0.5) is 11.4 Å². The second kappa shape index (κ2) is 4.70. The van der Waals surface area contributed by atoms with Gasteiger partial charge in [-0.15, -0.1) is 0 Å². The van der Waals surface area contributed by atoms with Crippen molar-refractivity contribution in [1.29, 1.82) is 0 Å². The third-order valence-corrected chi connectivity index (χ3v) is 3.47. The Kier molecular flexibility index (Phi) is 3.47. The fraction of sp³-hybridized carbons (Fsp3) is 0.455.